The Balaban J connectivity index is 1.51. The lowest BCUT2D eigenvalue weighted by molar-refractivity contribution is 0.595. The van der Waals surface area contributed by atoms with E-state index in [1.165, 1.54) is 76.7 Å². The Morgan fingerprint density at radius 1 is 0.676 bits per heavy atom. The summed E-state index contributed by atoms with van der Waals surface area (Å²) in [7, 11) is -1.78. The number of fused-ring (bicyclic) bond motifs is 2. The molecule has 0 saturated carbocycles. The van der Waals surface area contributed by atoms with E-state index in [1.54, 1.807) is 22.3 Å². The summed E-state index contributed by atoms with van der Waals surface area (Å²) >= 11 is 0. The van der Waals surface area contributed by atoms with Crippen LogP contribution >= 0.6 is 0 Å². The second-order valence-corrected chi connectivity index (χ2v) is 16.0. The van der Waals surface area contributed by atoms with Gasteiger partial charge in [0.25, 0.3) is 0 Å². The van der Waals surface area contributed by atoms with E-state index in [0.717, 1.165) is 17.5 Å². The van der Waals surface area contributed by atoms with Crippen molar-refractivity contribution in [2.45, 2.75) is 107 Å². The Morgan fingerprint density at radius 2 is 1.21 bits per heavy atom. The largest absolute Gasteiger partial charge is 0.0844 e. The first kappa shape index (κ1) is 23.9. The Morgan fingerprint density at radius 3 is 1.79 bits per heavy atom. The SMILES string of the molecule is CCCCCCCCC[Si](C1C=CCC=C1)([C@H]1CCc2ccccc21)[C@H]1CCc2ccccc21. The number of hydrogen-bond donors (Lipinski definition) is 0. The van der Waals surface area contributed by atoms with E-state index in [1.807, 2.05) is 0 Å². The quantitative estimate of drug-likeness (QED) is 0.175. The fourth-order valence-electron chi connectivity index (χ4n) is 7.79. The van der Waals surface area contributed by atoms with Gasteiger partial charge in [0.05, 0.1) is 8.07 Å². The van der Waals surface area contributed by atoms with Gasteiger partial charge in [0.15, 0.2) is 0 Å². The molecule has 0 heterocycles. The maximum Gasteiger partial charge on any atom is 0.0796 e. The molecule has 0 unspecified atom stereocenters. The fourth-order valence-corrected chi connectivity index (χ4v) is 15.2. The molecule has 0 amide bonds. The second kappa shape index (κ2) is 11.3. The molecule has 0 nitrogen and oxygen atoms in total. The molecule has 0 fully saturated rings. The summed E-state index contributed by atoms with van der Waals surface area (Å²) in [4.78, 5) is 0. The zero-order chi connectivity index (χ0) is 23.2. The van der Waals surface area contributed by atoms with Crippen molar-refractivity contribution in [1.82, 2.24) is 0 Å². The van der Waals surface area contributed by atoms with Gasteiger partial charge in [-0.2, -0.15) is 0 Å². The summed E-state index contributed by atoms with van der Waals surface area (Å²) in [6.45, 7) is 2.32. The van der Waals surface area contributed by atoms with Crippen LogP contribution in [0.2, 0.25) is 11.6 Å². The minimum absolute atomic E-state index is 0.689. The van der Waals surface area contributed by atoms with Gasteiger partial charge in [-0.1, -0.05) is 131 Å². The van der Waals surface area contributed by atoms with Crippen LogP contribution in [0.15, 0.2) is 72.8 Å². The van der Waals surface area contributed by atoms with Crippen LogP contribution in [0.5, 0.6) is 0 Å². The first-order valence-electron chi connectivity index (χ1n) is 14.3. The van der Waals surface area contributed by atoms with Crippen LogP contribution in [0.3, 0.4) is 0 Å². The number of benzene rings is 2. The average molecular weight is 469 g/mol. The summed E-state index contributed by atoms with van der Waals surface area (Å²) in [5.41, 5.74) is 9.06. The molecular weight excluding hydrogens is 424 g/mol. The van der Waals surface area contributed by atoms with E-state index < -0.39 is 8.07 Å². The molecule has 0 aromatic heterocycles. The van der Waals surface area contributed by atoms with Crippen LogP contribution in [0.1, 0.15) is 104 Å². The molecule has 0 bridgehead atoms. The van der Waals surface area contributed by atoms with E-state index in [4.69, 9.17) is 0 Å². The van der Waals surface area contributed by atoms with Crippen LogP contribution in [-0.4, -0.2) is 8.07 Å². The number of rotatable bonds is 11. The molecule has 180 valence electrons. The molecule has 2 aromatic carbocycles. The standard InChI is InChI=1S/C33H44Si/c1-2-3-4-5-6-7-15-26-34(29-18-9-8-10-19-29,32-24-22-27-16-11-13-20-30(27)32)33-25-23-28-17-12-14-21-31(28)33/h9-14,16-21,29,32-33H,2-8,15,22-26H2,1H3/t32-,33-/m0/s1. The van der Waals surface area contributed by atoms with Gasteiger partial charge < -0.3 is 0 Å². The third kappa shape index (κ3) is 4.65. The van der Waals surface area contributed by atoms with Gasteiger partial charge in [-0.3, -0.25) is 0 Å². The topological polar surface area (TPSA) is 0 Å². The van der Waals surface area contributed by atoms with Crippen LogP contribution in [0.4, 0.5) is 0 Å². The Labute approximate surface area is 209 Å². The van der Waals surface area contributed by atoms with Gasteiger partial charge in [0, 0.05) is 0 Å². The molecule has 0 spiro atoms. The summed E-state index contributed by atoms with van der Waals surface area (Å²) in [6.07, 6.45) is 26.7. The number of hydrogen-bond acceptors (Lipinski definition) is 0. The summed E-state index contributed by atoms with van der Waals surface area (Å²) in [5.74, 6) is 0. The van der Waals surface area contributed by atoms with Crippen LogP contribution < -0.4 is 0 Å². The van der Waals surface area contributed by atoms with E-state index in [9.17, 15) is 0 Å². The molecule has 3 aliphatic carbocycles. The third-order valence-electron chi connectivity index (χ3n) is 9.36. The van der Waals surface area contributed by atoms with Gasteiger partial charge >= 0.3 is 0 Å². The summed E-state index contributed by atoms with van der Waals surface area (Å²) < 4.78 is 0. The maximum atomic E-state index is 2.66. The Bertz CT molecular complexity index is 932. The van der Waals surface area contributed by atoms with Crippen LogP contribution in [-0.2, 0) is 12.8 Å². The fraction of sp³-hybridized carbons (Fsp3) is 0.515. The lowest BCUT2D eigenvalue weighted by Gasteiger charge is -2.48. The van der Waals surface area contributed by atoms with Crippen molar-refractivity contribution in [1.29, 1.82) is 0 Å². The zero-order valence-electron chi connectivity index (χ0n) is 21.4. The van der Waals surface area contributed by atoms with E-state index >= 15 is 0 Å². The lowest BCUT2D eigenvalue weighted by atomic mass is 10.1. The van der Waals surface area contributed by atoms with Crippen molar-refractivity contribution in [3.8, 4) is 0 Å². The van der Waals surface area contributed by atoms with Crippen molar-refractivity contribution in [3.63, 3.8) is 0 Å². The Hall–Kier alpha value is -1.86. The molecule has 0 N–H and O–H groups in total. The third-order valence-corrected chi connectivity index (χ3v) is 16.0. The number of allylic oxidation sites excluding steroid dienone is 4. The molecule has 5 rings (SSSR count). The Kier molecular flexibility index (Phi) is 7.89. The highest BCUT2D eigenvalue weighted by molar-refractivity contribution is 6.84. The van der Waals surface area contributed by atoms with Gasteiger partial charge in [-0.15, -0.1) is 0 Å². The molecule has 34 heavy (non-hydrogen) atoms. The highest BCUT2D eigenvalue weighted by atomic mass is 28.3. The van der Waals surface area contributed by atoms with E-state index in [2.05, 4.69) is 79.8 Å². The lowest BCUT2D eigenvalue weighted by Crippen LogP contribution is -2.50. The second-order valence-electron chi connectivity index (χ2n) is 11.2. The molecule has 0 radical (unpaired) electrons. The van der Waals surface area contributed by atoms with Gasteiger partial charge in [-0.25, -0.2) is 0 Å². The molecule has 2 atom stereocenters. The van der Waals surface area contributed by atoms with Gasteiger partial charge in [-0.05, 0) is 71.0 Å². The van der Waals surface area contributed by atoms with Crippen molar-refractivity contribution in [3.05, 3.63) is 95.1 Å². The monoisotopic (exact) mass is 468 g/mol. The van der Waals surface area contributed by atoms with Gasteiger partial charge in [0.2, 0.25) is 0 Å². The van der Waals surface area contributed by atoms with Crippen LogP contribution in [0, 0.1) is 0 Å². The smallest absolute Gasteiger partial charge is 0.0796 e. The van der Waals surface area contributed by atoms with E-state index in [0.29, 0.717) is 5.54 Å². The predicted octanol–water partition coefficient (Wildman–Crippen LogP) is 9.61. The summed E-state index contributed by atoms with van der Waals surface area (Å²) in [5, 5.41) is 0. The highest BCUT2D eigenvalue weighted by Gasteiger charge is 2.54. The van der Waals surface area contributed by atoms with Crippen molar-refractivity contribution >= 4 is 8.07 Å². The van der Waals surface area contributed by atoms with E-state index in [-0.39, 0.29) is 0 Å². The summed E-state index contributed by atoms with van der Waals surface area (Å²) in [6, 6.07) is 20.6. The molecule has 2 aromatic rings. The van der Waals surface area contributed by atoms with Crippen molar-refractivity contribution < 1.29 is 0 Å². The molecular formula is C33H44Si. The maximum absolute atomic E-state index is 2.66. The molecule has 0 aliphatic heterocycles. The molecule has 0 saturated heterocycles. The first-order valence-corrected chi connectivity index (χ1v) is 16.8. The normalized spacial score (nSPS) is 21.7. The number of unbranched alkanes of at least 4 members (excludes halogenated alkanes) is 6. The van der Waals surface area contributed by atoms with Gasteiger partial charge in [0.1, 0.15) is 0 Å². The average Bonchev–Trinajstić information content (AvgIpc) is 3.52. The van der Waals surface area contributed by atoms with Crippen molar-refractivity contribution in [2.75, 3.05) is 0 Å². The molecule has 3 aliphatic rings. The van der Waals surface area contributed by atoms with Crippen molar-refractivity contribution in [2.24, 2.45) is 0 Å². The number of aryl methyl sites for hydroxylation is 2. The zero-order valence-corrected chi connectivity index (χ0v) is 22.4. The minimum Gasteiger partial charge on any atom is -0.0844 e. The highest BCUT2D eigenvalue weighted by Crippen LogP contribution is 2.57. The first-order chi connectivity index (χ1) is 16.8. The predicted molar refractivity (Wildman–Crippen MR) is 150 cm³/mol. The van der Waals surface area contributed by atoms with Crippen LogP contribution in [0.25, 0.3) is 0 Å². The molecule has 1 heteroatoms. The minimum atomic E-state index is -1.78.